The highest BCUT2D eigenvalue weighted by atomic mass is 16.5. The van der Waals surface area contributed by atoms with E-state index in [1.807, 2.05) is 24.3 Å². The quantitative estimate of drug-likeness (QED) is 0.833. The smallest absolute Gasteiger partial charge is 0.268 e. The third kappa shape index (κ3) is 3.83. The van der Waals surface area contributed by atoms with Gasteiger partial charge in [0, 0.05) is 32.5 Å². The molecule has 2 aromatic rings. The number of aromatic nitrogens is 1. The van der Waals surface area contributed by atoms with Gasteiger partial charge in [-0.3, -0.25) is 9.59 Å². The zero-order chi connectivity index (χ0) is 16.1. The number of nitrogens with zero attached hydrogens (tertiary/aromatic N) is 1. The molecule has 1 aromatic carbocycles. The van der Waals surface area contributed by atoms with Gasteiger partial charge in [-0.2, -0.15) is 0 Å². The van der Waals surface area contributed by atoms with Gasteiger partial charge < -0.3 is 14.6 Å². The molecule has 1 amide bonds. The minimum atomic E-state index is -0.202. The van der Waals surface area contributed by atoms with Crippen LogP contribution in [0.3, 0.4) is 0 Å². The predicted molar refractivity (Wildman–Crippen MR) is 83.7 cm³/mol. The number of hydrogen-bond donors (Lipinski definition) is 1. The second-order valence-electron chi connectivity index (χ2n) is 5.22. The Hall–Kier alpha value is -2.40. The summed E-state index contributed by atoms with van der Waals surface area (Å²) in [5, 5.41) is 2.87. The maximum atomic E-state index is 12.2. The average molecular weight is 300 g/mol. The molecule has 0 spiro atoms. The van der Waals surface area contributed by atoms with Crippen LogP contribution in [0.5, 0.6) is 0 Å². The molecule has 0 fully saturated rings. The number of rotatable bonds is 6. The summed E-state index contributed by atoms with van der Waals surface area (Å²) in [6.45, 7) is 2.46. The fraction of sp³-hybridized carbons (Fsp3) is 0.294. The topological polar surface area (TPSA) is 60.3 Å². The van der Waals surface area contributed by atoms with Gasteiger partial charge in [0.1, 0.15) is 5.69 Å². The summed E-state index contributed by atoms with van der Waals surface area (Å²) in [4.78, 5) is 23.6. The SMILES string of the molecule is COCc1cccc(CNC(=O)c2cc(C(C)=O)cn2C)c1. The van der Waals surface area contributed by atoms with Crippen molar-refractivity contribution in [1.82, 2.24) is 9.88 Å². The lowest BCUT2D eigenvalue weighted by Gasteiger charge is -2.07. The molecule has 116 valence electrons. The van der Waals surface area contributed by atoms with Crippen LogP contribution in [0, 0.1) is 0 Å². The van der Waals surface area contributed by atoms with Gasteiger partial charge in [0.2, 0.25) is 0 Å². The van der Waals surface area contributed by atoms with E-state index in [0.717, 1.165) is 11.1 Å². The minimum Gasteiger partial charge on any atom is -0.380 e. The van der Waals surface area contributed by atoms with Crippen molar-refractivity contribution in [2.24, 2.45) is 7.05 Å². The van der Waals surface area contributed by atoms with E-state index in [1.165, 1.54) is 6.92 Å². The molecule has 0 aliphatic rings. The summed E-state index contributed by atoms with van der Waals surface area (Å²) >= 11 is 0. The minimum absolute atomic E-state index is 0.0538. The van der Waals surface area contributed by atoms with Crippen molar-refractivity contribution in [3.05, 3.63) is 58.9 Å². The van der Waals surface area contributed by atoms with Crippen molar-refractivity contribution in [3.8, 4) is 0 Å². The average Bonchev–Trinajstić information content (AvgIpc) is 2.88. The number of nitrogens with one attached hydrogen (secondary N) is 1. The van der Waals surface area contributed by atoms with Crippen molar-refractivity contribution >= 4 is 11.7 Å². The monoisotopic (exact) mass is 300 g/mol. The molecule has 22 heavy (non-hydrogen) atoms. The van der Waals surface area contributed by atoms with Crippen molar-refractivity contribution in [1.29, 1.82) is 0 Å². The number of aryl methyl sites for hydroxylation is 1. The molecule has 0 atom stereocenters. The van der Waals surface area contributed by atoms with Crippen LogP contribution in [0.2, 0.25) is 0 Å². The number of benzene rings is 1. The fourth-order valence-electron chi connectivity index (χ4n) is 2.25. The summed E-state index contributed by atoms with van der Waals surface area (Å²) in [7, 11) is 3.40. The van der Waals surface area contributed by atoms with Gasteiger partial charge in [0.15, 0.2) is 5.78 Å². The maximum Gasteiger partial charge on any atom is 0.268 e. The molecule has 1 heterocycles. The Morgan fingerprint density at radius 3 is 2.59 bits per heavy atom. The zero-order valence-corrected chi connectivity index (χ0v) is 13.1. The van der Waals surface area contributed by atoms with E-state index in [-0.39, 0.29) is 11.7 Å². The summed E-state index contributed by atoms with van der Waals surface area (Å²) in [5.74, 6) is -0.255. The lowest BCUT2D eigenvalue weighted by molar-refractivity contribution is 0.0942. The third-order valence-electron chi connectivity index (χ3n) is 3.40. The van der Waals surface area contributed by atoms with Crippen molar-refractivity contribution in [2.45, 2.75) is 20.1 Å². The van der Waals surface area contributed by atoms with Crippen molar-refractivity contribution in [2.75, 3.05) is 7.11 Å². The maximum absolute atomic E-state index is 12.2. The Bertz CT molecular complexity index is 689. The Morgan fingerprint density at radius 1 is 1.23 bits per heavy atom. The van der Waals surface area contributed by atoms with Gasteiger partial charge in [0.25, 0.3) is 5.91 Å². The number of amides is 1. The largest absolute Gasteiger partial charge is 0.380 e. The lowest BCUT2D eigenvalue weighted by Crippen LogP contribution is -2.24. The Kier molecular flexibility index (Phi) is 5.12. The first kappa shape index (κ1) is 16.0. The van der Waals surface area contributed by atoms with Gasteiger partial charge in [-0.1, -0.05) is 24.3 Å². The van der Waals surface area contributed by atoms with Gasteiger partial charge in [-0.05, 0) is 24.1 Å². The summed E-state index contributed by atoms with van der Waals surface area (Å²) in [6, 6.07) is 9.47. The normalized spacial score (nSPS) is 10.5. The number of ketones is 1. The molecule has 2 rings (SSSR count). The number of hydrogen-bond acceptors (Lipinski definition) is 3. The molecule has 0 radical (unpaired) electrons. The molecule has 0 saturated carbocycles. The van der Waals surface area contributed by atoms with Gasteiger partial charge in [-0.15, -0.1) is 0 Å². The summed E-state index contributed by atoms with van der Waals surface area (Å²) in [6.07, 6.45) is 1.66. The van der Waals surface area contributed by atoms with Crippen LogP contribution in [0.25, 0.3) is 0 Å². The van der Waals surface area contributed by atoms with E-state index in [0.29, 0.717) is 24.4 Å². The molecule has 0 aliphatic heterocycles. The van der Waals surface area contributed by atoms with Crippen LogP contribution in [0.15, 0.2) is 36.5 Å². The second-order valence-corrected chi connectivity index (χ2v) is 5.22. The Balaban J connectivity index is 2.03. The number of Topliss-reactive ketones (excluding diaryl/α,β-unsaturated/α-hetero) is 1. The van der Waals surface area contributed by atoms with Crippen LogP contribution in [-0.2, 0) is 24.9 Å². The van der Waals surface area contributed by atoms with Gasteiger partial charge in [0.05, 0.1) is 6.61 Å². The first-order valence-corrected chi connectivity index (χ1v) is 7.03. The first-order valence-electron chi connectivity index (χ1n) is 7.03. The predicted octanol–water partition coefficient (Wildman–Crippen LogP) is 2.30. The number of carbonyl (C=O) groups is 2. The number of ether oxygens (including phenoxy) is 1. The highest BCUT2D eigenvalue weighted by Gasteiger charge is 2.13. The first-order chi connectivity index (χ1) is 10.5. The van der Waals surface area contributed by atoms with Crippen molar-refractivity contribution < 1.29 is 14.3 Å². The van der Waals surface area contributed by atoms with E-state index in [1.54, 1.807) is 31.0 Å². The van der Waals surface area contributed by atoms with E-state index in [4.69, 9.17) is 4.74 Å². The number of carbonyl (C=O) groups excluding carboxylic acids is 2. The molecule has 5 heteroatoms. The van der Waals surface area contributed by atoms with Crippen LogP contribution >= 0.6 is 0 Å². The molecule has 1 N–H and O–H groups in total. The lowest BCUT2D eigenvalue weighted by atomic mass is 10.1. The molecule has 1 aromatic heterocycles. The van der Waals surface area contributed by atoms with Crippen LogP contribution in [-0.4, -0.2) is 23.4 Å². The standard InChI is InChI=1S/C17H20N2O3/c1-12(20)15-8-16(19(2)10-15)17(21)18-9-13-5-4-6-14(7-13)11-22-3/h4-8,10H,9,11H2,1-3H3,(H,18,21). The fourth-order valence-corrected chi connectivity index (χ4v) is 2.25. The second kappa shape index (κ2) is 7.04. The van der Waals surface area contributed by atoms with Crippen LogP contribution in [0.1, 0.15) is 38.9 Å². The Labute approximate surface area is 129 Å². The Morgan fingerprint density at radius 2 is 1.95 bits per heavy atom. The highest BCUT2D eigenvalue weighted by Crippen LogP contribution is 2.10. The zero-order valence-electron chi connectivity index (χ0n) is 13.1. The highest BCUT2D eigenvalue weighted by molar-refractivity contribution is 5.99. The molecule has 0 saturated heterocycles. The van der Waals surface area contributed by atoms with E-state index in [9.17, 15) is 9.59 Å². The summed E-state index contributed by atoms with van der Waals surface area (Å²) in [5.41, 5.74) is 3.07. The third-order valence-corrected chi connectivity index (χ3v) is 3.40. The van der Waals surface area contributed by atoms with Gasteiger partial charge >= 0.3 is 0 Å². The molecular weight excluding hydrogens is 280 g/mol. The molecular formula is C17H20N2O3. The number of methoxy groups -OCH3 is 1. The van der Waals surface area contributed by atoms with Crippen molar-refractivity contribution in [3.63, 3.8) is 0 Å². The van der Waals surface area contributed by atoms with E-state index in [2.05, 4.69) is 5.32 Å². The summed E-state index contributed by atoms with van der Waals surface area (Å²) < 4.78 is 6.76. The van der Waals surface area contributed by atoms with Crippen LogP contribution in [0.4, 0.5) is 0 Å². The van der Waals surface area contributed by atoms with E-state index < -0.39 is 0 Å². The molecule has 0 bridgehead atoms. The molecule has 5 nitrogen and oxygen atoms in total. The van der Waals surface area contributed by atoms with Crippen LogP contribution < -0.4 is 5.32 Å². The van der Waals surface area contributed by atoms with E-state index >= 15 is 0 Å². The molecule has 0 unspecified atom stereocenters. The van der Waals surface area contributed by atoms with Gasteiger partial charge in [-0.25, -0.2) is 0 Å². The molecule has 0 aliphatic carbocycles.